The van der Waals surface area contributed by atoms with Crippen molar-refractivity contribution >= 4 is 36.0 Å². The Bertz CT molecular complexity index is 1170. The fourth-order valence-corrected chi connectivity index (χ4v) is 7.90. The maximum absolute atomic E-state index is 12.7. The third kappa shape index (κ3) is 6.85. The van der Waals surface area contributed by atoms with E-state index in [0.29, 0.717) is 18.8 Å². The number of carbonyl (C=O) groups is 1. The molecule has 2 aliphatic carbocycles. The molecule has 10 heteroatoms. The quantitative estimate of drug-likeness (QED) is 0.329. The highest BCUT2D eigenvalue weighted by atomic mass is 32.1. The first-order valence-corrected chi connectivity index (χ1v) is 18.1. The van der Waals surface area contributed by atoms with Gasteiger partial charge in [0, 0.05) is 17.5 Å². The van der Waals surface area contributed by atoms with Crippen molar-refractivity contribution in [3.05, 3.63) is 16.8 Å². The summed E-state index contributed by atoms with van der Waals surface area (Å²) in [5, 5.41) is 10.8. The van der Waals surface area contributed by atoms with Crippen LogP contribution in [0.3, 0.4) is 0 Å². The molecule has 1 unspecified atom stereocenters. The second kappa shape index (κ2) is 11.5. The number of thiophene rings is 1. The van der Waals surface area contributed by atoms with E-state index in [9.17, 15) is 10.1 Å². The molecule has 1 amide bonds. The zero-order chi connectivity index (χ0) is 27.7. The van der Waals surface area contributed by atoms with Crippen LogP contribution in [0.25, 0.3) is 10.2 Å². The summed E-state index contributed by atoms with van der Waals surface area (Å²) in [6.07, 6.45) is 7.14. The van der Waals surface area contributed by atoms with Crippen molar-refractivity contribution < 1.29 is 18.7 Å². The molecule has 208 valence electrons. The Hall–Kier alpha value is -2.22. The molecule has 2 heterocycles. The standard InChI is InChI=1S/C28H42N4O4SSi/c1-8-32(27(33)35-28(2,3)4)19-10-12-20(13-11-19)34-25-24-23-18(15-21(16-29)36-38(5,6)7)9-14-22(23)37-26(24)31-17-30-25/h17-21H,8-15H2,1-7H3/t18-,19?,20?,21?/m1/s1. The van der Waals surface area contributed by atoms with Gasteiger partial charge in [-0.05, 0) is 104 Å². The van der Waals surface area contributed by atoms with Crippen LogP contribution in [0.2, 0.25) is 19.6 Å². The van der Waals surface area contributed by atoms with E-state index in [2.05, 4.69) is 35.7 Å². The van der Waals surface area contributed by atoms with E-state index < -0.39 is 20.0 Å². The van der Waals surface area contributed by atoms with Gasteiger partial charge >= 0.3 is 6.09 Å². The van der Waals surface area contributed by atoms with Crippen LogP contribution in [-0.4, -0.2) is 59.7 Å². The number of hydrogen-bond acceptors (Lipinski definition) is 8. The Balaban J connectivity index is 1.46. The minimum atomic E-state index is -1.82. The predicted octanol–water partition coefficient (Wildman–Crippen LogP) is 6.80. The normalized spacial score (nSPS) is 22.5. The summed E-state index contributed by atoms with van der Waals surface area (Å²) in [5.41, 5.74) is 0.756. The van der Waals surface area contributed by atoms with Gasteiger partial charge in [0.1, 0.15) is 29.0 Å². The average molecular weight is 559 g/mol. The molecular formula is C28H42N4O4SSi. The third-order valence-electron chi connectivity index (χ3n) is 7.17. The van der Waals surface area contributed by atoms with Crippen LogP contribution in [0.15, 0.2) is 6.33 Å². The largest absolute Gasteiger partial charge is 0.474 e. The number of nitriles is 1. The predicted molar refractivity (Wildman–Crippen MR) is 152 cm³/mol. The van der Waals surface area contributed by atoms with Gasteiger partial charge in [0.05, 0.1) is 11.5 Å². The van der Waals surface area contributed by atoms with Gasteiger partial charge in [-0.1, -0.05) is 0 Å². The molecular weight excluding hydrogens is 516 g/mol. The van der Waals surface area contributed by atoms with Crippen molar-refractivity contribution in [1.29, 1.82) is 5.26 Å². The number of amides is 1. The summed E-state index contributed by atoms with van der Waals surface area (Å²) in [5.74, 6) is 0.901. The van der Waals surface area contributed by atoms with E-state index in [-0.39, 0.29) is 24.2 Å². The Morgan fingerprint density at radius 2 is 1.92 bits per heavy atom. The first-order valence-electron chi connectivity index (χ1n) is 13.9. The fourth-order valence-electron chi connectivity index (χ4n) is 5.67. The molecule has 2 atom stereocenters. The van der Waals surface area contributed by atoms with Crippen molar-refractivity contribution in [2.45, 2.75) is 122 Å². The highest BCUT2D eigenvalue weighted by Gasteiger charge is 2.35. The lowest BCUT2D eigenvalue weighted by Crippen LogP contribution is -2.45. The molecule has 0 aliphatic heterocycles. The lowest BCUT2D eigenvalue weighted by molar-refractivity contribution is 0.00812. The van der Waals surface area contributed by atoms with Gasteiger partial charge in [-0.25, -0.2) is 14.8 Å². The molecule has 0 saturated heterocycles. The molecule has 0 N–H and O–H groups in total. The van der Waals surface area contributed by atoms with Crippen LogP contribution in [0.1, 0.15) is 82.6 Å². The minimum Gasteiger partial charge on any atom is -0.474 e. The summed E-state index contributed by atoms with van der Waals surface area (Å²) >= 11 is 1.72. The second-order valence-corrected chi connectivity index (χ2v) is 18.0. The van der Waals surface area contributed by atoms with Crippen LogP contribution in [0.4, 0.5) is 4.79 Å². The van der Waals surface area contributed by atoms with Crippen LogP contribution < -0.4 is 4.74 Å². The molecule has 0 radical (unpaired) electrons. The van der Waals surface area contributed by atoms with E-state index >= 15 is 0 Å². The number of aromatic nitrogens is 2. The summed E-state index contributed by atoms with van der Waals surface area (Å²) in [6.45, 7) is 14.7. The second-order valence-electron chi connectivity index (χ2n) is 12.4. The summed E-state index contributed by atoms with van der Waals surface area (Å²) in [4.78, 5) is 26.0. The molecule has 0 aromatic carbocycles. The number of ether oxygens (including phenoxy) is 2. The number of aryl methyl sites for hydroxylation is 1. The highest BCUT2D eigenvalue weighted by molar-refractivity contribution is 7.19. The molecule has 0 spiro atoms. The fraction of sp³-hybridized carbons (Fsp3) is 0.714. The summed E-state index contributed by atoms with van der Waals surface area (Å²) < 4.78 is 18.3. The highest BCUT2D eigenvalue weighted by Crippen LogP contribution is 2.48. The SMILES string of the molecule is CCN(C(=O)OC(C)(C)C)C1CCC(Oc2ncnc3sc4c(c23)[C@@H](CC(C#N)O[Si](C)(C)C)CC4)CC1. The van der Waals surface area contributed by atoms with E-state index in [1.807, 2.05) is 32.6 Å². The molecule has 2 aromatic rings. The maximum Gasteiger partial charge on any atom is 0.410 e. The number of fused-ring (bicyclic) bond motifs is 3. The van der Waals surface area contributed by atoms with E-state index in [1.165, 1.54) is 10.4 Å². The molecule has 2 aromatic heterocycles. The summed E-state index contributed by atoms with van der Waals surface area (Å²) in [7, 11) is -1.82. The van der Waals surface area contributed by atoms with E-state index in [0.717, 1.165) is 48.7 Å². The van der Waals surface area contributed by atoms with E-state index in [4.69, 9.17) is 13.9 Å². The Morgan fingerprint density at radius 3 is 2.53 bits per heavy atom. The topological polar surface area (TPSA) is 97.6 Å². The van der Waals surface area contributed by atoms with E-state index in [1.54, 1.807) is 17.7 Å². The molecule has 8 nitrogen and oxygen atoms in total. The molecule has 1 fully saturated rings. The minimum absolute atomic E-state index is 0.0409. The van der Waals surface area contributed by atoms with Gasteiger partial charge in [0.2, 0.25) is 5.88 Å². The summed E-state index contributed by atoms with van der Waals surface area (Å²) in [6, 6.07) is 2.55. The van der Waals surface area contributed by atoms with Crippen molar-refractivity contribution in [1.82, 2.24) is 14.9 Å². The van der Waals surface area contributed by atoms with Gasteiger partial charge < -0.3 is 18.8 Å². The monoisotopic (exact) mass is 558 g/mol. The number of rotatable bonds is 8. The Kier molecular flexibility index (Phi) is 8.70. The van der Waals surface area contributed by atoms with Crippen molar-refractivity contribution in [3.63, 3.8) is 0 Å². The van der Waals surface area contributed by atoms with Gasteiger partial charge in [0.25, 0.3) is 0 Å². The average Bonchev–Trinajstić information content (AvgIpc) is 3.38. The third-order valence-corrected chi connectivity index (χ3v) is 9.33. The molecule has 4 rings (SSSR count). The maximum atomic E-state index is 12.7. The lowest BCUT2D eigenvalue weighted by Gasteiger charge is -2.37. The van der Waals surface area contributed by atoms with Gasteiger partial charge in [-0.3, -0.25) is 0 Å². The van der Waals surface area contributed by atoms with Crippen LogP contribution in [0, 0.1) is 11.3 Å². The zero-order valence-corrected chi connectivity index (χ0v) is 25.7. The van der Waals surface area contributed by atoms with Gasteiger partial charge in [-0.15, -0.1) is 11.3 Å². The van der Waals surface area contributed by atoms with Crippen LogP contribution in [-0.2, 0) is 15.6 Å². The molecule has 1 saturated carbocycles. The number of carbonyl (C=O) groups excluding carboxylic acids is 1. The Morgan fingerprint density at radius 1 is 1.21 bits per heavy atom. The smallest absolute Gasteiger partial charge is 0.410 e. The van der Waals surface area contributed by atoms with Crippen molar-refractivity contribution in [2.75, 3.05) is 6.54 Å². The van der Waals surface area contributed by atoms with Crippen molar-refractivity contribution in [3.8, 4) is 11.9 Å². The van der Waals surface area contributed by atoms with Crippen LogP contribution in [0.5, 0.6) is 5.88 Å². The van der Waals surface area contributed by atoms with Crippen LogP contribution >= 0.6 is 11.3 Å². The molecule has 2 aliphatic rings. The molecule has 0 bridgehead atoms. The lowest BCUT2D eigenvalue weighted by atomic mass is 9.92. The number of hydrogen-bond donors (Lipinski definition) is 0. The first-order chi connectivity index (χ1) is 17.9. The van der Waals surface area contributed by atoms with Crippen molar-refractivity contribution in [2.24, 2.45) is 0 Å². The number of nitrogens with zero attached hydrogens (tertiary/aromatic N) is 4. The zero-order valence-electron chi connectivity index (χ0n) is 23.9. The van der Waals surface area contributed by atoms with Gasteiger partial charge in [0.15, 0.2) is 8.32 Å². The first kappa shape index (κ1) is 28.8. The van der Waals surface area contributed by atoms with Gasteiger partial charge in [-0.2, -0.15) is 5.26 Å². The molecule has 38 heavy (non-hydrogen) atoms. The Labute approximate surface area is 231 Å².